The molecule has 1 atom stereocenters. The monoisotopic (exact) mass is 668 g/mol. The third-order valence-electron chi connectivity index (χ3n) is 6.25. The fourth-order valence-electron chi connectivity index (χ4n) is 4.74. The molecular weight excluding hydrogens is 636 g/mol. The van der Waals surface area contributed by atoms with Gasteiger partial charge in [-0.3, -0.25) is 0 Å². The van der Waals surface area contributed by atoms with Gasteiger partial charge in [-0.1, -0.05) is 35.7 Å². The molecule has 2 bridgehead atoms. The van der Waals surface area contributed by atoms with Gasteiger partial charge in [-0.2, -0.15) is 5.06 Å². The molecule has 0 saturated heterocycles. The van der Waals surface area contributed by atoms with Gasteiger partial charge >= 0.3 is 0 Å². The zero-order valence-electron chi connectivity index (χ0n) is 17.4. The largest absolute Gasteiger partial charge is 0.328 e. The molecule has 162 valence electrons. The van der Waals surface area contributed by atoms with Crippen molar-refractivity contribution in [2.75, 3.05) is 7.05 Å². The van der Waals surface area contributed by atoms with Crippen LogP contribution in [0.2, 0.25) is 10.0 Å². The minimum absolute atomic E-state index is 0. The molecule has 29 heavy (non-hydrogen) atoms. The van der Waals surface area contributed by atoms with Crippen molar-refractivity contribution in [3.8, 4) is 0 Å². The zero-order chi connectivity index (χ0) is 20.9. The van der Waals surface area contributed by atoms with Crippen LogP contribution in [0.15, 0.2) is 24.8 Å². The Balaban J connectivity index is 0.000000396. The Kier molecular flexibility index (Phi) is 11.8. The predicted octanol–water partition coefficient (Wildman–Crippen LogP) is 6.76. The first-order valence-corrected chi connectivity index (χ1v) is 10.9. The average Bonchev–Trinajstić information content (AvgIpc) is 3.22. The number of fused-ring (bicyclic) bond motifs is 2. The minimum Gasteiger partial charge on any atom is -0.328 e. The minimum atomic E-state index is -0.429. The maximum absolute atomic E-state index is 14.3. The maximum Gasteiger partial charge on any atom is 0.129 e. The first-order chi connectivity index (χ1) is 13.3. The second-order valence-electron chi connectivity index (χ2n) is 8.34. The fourth-order valence-corrected chi connectivity index (χ4v) is 5.16. The van der Waals surface area contributed by atoms with Crippen molar-refractivity contribution >= 4 is 23.2 Å². The van der Waals surface area contributed by atoms with E-state index in [1.807, 2.05) is 6.92 Å². The Hall–Kier alpha value is 0.402. The number of benzene rings is 1. The van der Waals surface area contributed by atoms with Gasteiger partial charge in [0.1, 0.15) is 5.82 Å². The maximum atomic E-state index is 14.3. The van der Waals surface area contributed by atoms with Crippen LogP contribution in [0.25, 0.3) is 0 Å². The van der Waals surface area contributed by atoms with Crippen LogP contribution in [0.3, 0.4) is 0 Å². The number of halogens is 3. The molecular formula is C22H33Cl2FN2OU. The smallest absolute Gasteiger partial charge is 0.129 e. The standard InChI is InChI=1S/C15H18Cl2FNO.C4H9N.C3H6.U/c1-19(20)14(15-6-4-9(8-15)5-7-15)12-11(18)3-2-10(16)13(12)17;5-4-2-1-3-4;1-3-2;/h2-3,9,14,20H,4-8H2,1H3;4H,1-3,5H2;3H,1H2,2H3;. The van der Waals surface area contributed by atoms with E-state index >= 15 is 0 Å². The number of hydrogen-bond donors (Lipinski definition) is 2. The summed E-state index contributed by atoms with van der Waals surface area (Å²) < 4.78 is 14.3. The number of nitrogens with zero attached hydrogens (tertiary/aromatic N) is 1. The Morgan fingerprint density at radius 1 is 1.28 bits per heavy atom. The van der Waals surface area contributed by atoms with E-state index in [0.29, 0.717) is 22.5 Å². The zero-order valence-corrected chi connectivity index (χ0v) is 23.1. The average molecular weight is 669 g/mol. The van der Waals surface area contributed by atoms with Gasteiger partial charge < -0.3 is 10.9 Å². The molecule has 3 N–H and O–H groups in total. The summed E-state index contributed by atoms with van der Waals surface area (Å²) in [6, 6.07) is 2.93. The molecule has 1 aromatic rings. The molecule has 0 heterocycles. The van der Waals surface area contributed by atoms with Crippen molar-refractivity contribution in [3.63, 3.8) is 0 Å². The summed E-state index contributed by atoms with van der Waals surface area (Å²) in [7, 11) is 1.57. The molecule has 0 radical (unpaired) electrons. The van der Waals surface area contributed by atoms with Gasteiger partial charge in [0.15, 0.2) is 0 Å². The molecule has 0 aliphatic heterocycles. The normalized spacial score (nSPS) is 25.7. The Morgan fingerprint density at radius 2 is 1.79 bits per heavy atom. The predicted molar refractivity (Wildman–Crippen MR) is 115 cm³/mol. The fraction of sp³-hybridized carbons (Fsp3) is 0.636. The summed E-state index contributed by atoms with van der Waals surface area (Å²) in [5.41, 5.74) is 5.64. The molecule has 3 aliphatic rings. The third-order valence-corrected chi connectivity index (χ3v) is 7.07. The van der Waals surface area contributed by atoms with Gasteiger partial charge in [-0.05, 0) is 75.3 Å². The van der Waals surface area contributed by atoms with Crippen LogP contribution in [-0.2, 0) is 0 Å². The number of rotatable bonds is 3. The van der Waals surface area contributed by atoms with Crippen LogP contribution in [0.5, 0.6) is 0 Å². The van der Waals surface area contributed by atoms with E-state index in [1.165, 1.54) is 31.4 Å². The Bertz CT molecular complexity index is 662. The number of allylic oxidation sites excluding steroid dienone is 1. The van der Waals surface area contributed by atoms with Crippen LogP contribution < -0.4 is 5.73 Å². The summed E-state index contributed by atoms with van der Waals surface area (Å²) in [6.45, 7) is 5.25. The summed E-state index contributed by atoms with van der Waals surface area (Å²) in [4.78, 5) is 0. The van der Waals surface area contributed by atoms with Gasteiger partial charge in [-0.25, -0.2) is 4.39 Å². The van der Waals surface area contributed by atoms with E-state index in [4.69, 9.17) is 28.9 Å². The van der Waals surface area contributed by atoms with Crippen molar-refractivity contribution in [3.05, 3.63) is 46.2 Å². The second kappa shape index (κ2) is 12.4. The van der Waals surface area contributed by atoms with Crippen molar-refractivity contribution in [1.82, 2.24) is 5.06 Å². The first-order valence-electron chi connectivity index (χ1n) is 10.1. The van der Waals surface area contributed by atoms with Crippen molar-refractivity contribution in [2.24, 2.45) is 17.1 Å². The molecule has 3 fully saturated rings. The topological polar surface area (TPSA) is 49.5 Å². The third kappa shape index (κ3) is 6.69. The molecule has 3 nitrogen and oxygen atoms in total. The molecule has 1 aromatic carbocycles. The van der Waals surface area contributed by atoms with E-state index in [0.717, 1.165) is 37.2 Å². The summed E-state index contributed by atoms with van der Waals surface area (Å²) in [6.07, 6.45) is 11.0. The Labute approximate surface area is 208 Å². The molecule has 1 unspecified atom stereocenters. The van der Waals surface area contributed by atoms with E-state index in [9.17, 15) is 9.60 Å². The van der Waals surface area contributed by atoms with E-state index < -0.39 is 11.9 Å². The Morgan fingerprint density at radius 3 is 2.14 bits per heavy atom. The van der Waals surface area contributed by atoms with Gasteiger partial charge in [0.05, 0.1) is 16.1 Å². The van der Waals surface area contributed by atoms with Crippen LogP contribution >= 0.6 is 23.2 Å². The van der Waals surface area contributed by atoms with Crippen molar-refractivity contribution < 1.29 is 40.7 Å². The molecule has 7 heteroatoms. The number of nitrogens with two attached hydrogens (primary N) is 1. The molecule has 0 aromatic heterocycles. The van der Waals surface area contributed by atoms with Gasteiger partial charge in [-0.15, -0.1) is 6.58 Å². The molecule has 3 aliphatic carbocycles. The van der Waals surface area contributed by atoms with Crippen LogP contribution in [0.1, 0.15) is 69.9 Å². The van der Waals surface area contributed by atoms with Crippen LogP contribution in [0.4, 0.5) is 4.39 Å². The van der Waals surface area contributed by atoms with Crippen LogP contribution in [-0.4, -0.2) is 23.4 Å². The summed E-state index contributed by atoms with van der Waals surface area (Å²) in [5.74, 6) is 0.313. The number of hydroxylamine groups is 2. The van der Waals surface area contributed by atoms with Gasteiger partial charge in [0.25, 0.3) is 0 Å². The quantitative estimate of drug-likeness (QED) is 0.213. The molecule has 0 spiro atoms. The molecule has 0 amide bonds. The van der Waals surface area contributed by atoms with Gasteiger partial charge in [0, 0.05) is 49.8 Å². The summed E-state index contributed by atoms with van der Waals surface area (Å²) >= 11 is 12.3. The van der Waals surface area contributed by atoms with Crippen LogP contribution in [0, 0.1) is 48.3 Å². The summed E-state index contributed by atoms with van der Waals surface area (Å²) in [5, 5.41) is 11.8. The van der Waals surface area contributed by atoms with Crippen molar-refractivity contribution in [1.29, 1.82) is 0 Å². The molecule has 4 rings (SSSR count). The first kappa shape index (κ1) is 27.4. The molecule has 3 saturated carbocycles. The van der Waals surface area contributed by atoms with E-state index in [2.05, 4.69) is 6.58 Å². The van der Waals surface area contributed by atoms with Gasteiger partial charge in [0.2, 0.25) is 0 Å². The SMILES string of the molecule is C=CC.CN(O)C(c1c(F)ccc(Cl)c1Cl)C12CCC(CC1)C2.NC1CCC1.[U]. The van der Waals surface area contributed by atoms with E-state index in [-0.39, 0.29) is 41.6 Å². The second-order valence-corrected chi connectivity index (χ2v) is 9.13. The van der Waals surface area contributed by atoms with Crippen molar-refractivity contribution in [2.45, 2.75) is 70.4 Å². The van der Waals surface area contributed by atoms with E-state index in [1.54, 1.807) is 13.1 Å². The number of hydrogen-bond acceptors (Lipinski definition) is 3.